The molecule has 0 fully saturated rings. The van der Waals surface area contributed by atoms with Crippen LogP contribution in [0.25, 0.3) is 0 Å². The minimum Gasteiger partial charge on any atom is -0.481 e. The Balaban J connectivity index is 2.64. The zero-order chi connectivity index (χ0) is 11.3. The number of hydrogen-bond donors (Lipinski definition) is 2. The quantitative estimate of drug-likeness (QED) is 0.677. The summed E-state index contributed by atoms with van der Waals surface area (Å²) in [6.45, 7) is 3.87. The molecule has 1 rings (SSSR count). The van der Waals surface area contributed by atoms with E-state index in [0.717, 1.165) is 0 Å². The van der Waals surface area contributed by atoms with Crippen molar-refractivity contribution in [3.05, 3.63) is 24.8 Å². The zero-order valence-electron chi connectivity index (χ0n) is 8.48. The minimum absolute atomic E-state index is 0.202. The smallest absolute Gasteiger partial charge is 0.307 e. The Kier molecular flexibility index (Phi) is 4.09. The Bertz CT molecular complexity index is 296. The molecule has 0 heterocycles. The Morgan fingerprint density at radius 1 is 1.40 bits per heavy atom. The molecule has 0 aromatic rings. The predicted octanol–water partition coefficient (Wildman–Crippen LogP) is 0.956. The molecule has 2 atom stereocenters. The predicted molar refractivity (Wildman–Crippen MR) is 56.2 cm³/mol. The molecule has 15 heavy (non-hydrogen) atoms. The molecule has 82 valence electrons. The van der Waals surface area contributed by atoms with Gasteiger partial charge in [0.1, 0.15) is 0 Å². The maximum atomic E-state index is 11.6. The largest absolute Gasteiger partial charge is 0.481 e. The molecule has 0 aromatic heterocycles. The molecule has 0 radical (unpaired) electrons. The van der Waals surface area contributed by atoms with E-state index < -0.39 is 17.8 Å². The van der Waals surface area contributed by atoms with E-state index in [0.29, 0.717) is 19.4 Å². The minimum atomic E-state index is -0.905. The highest BCUT2D eigenvalue weighted by atomic mass is 16.4. The second kappa shape index (κ2) is 5.34. The van der Waals surface area contributed by atoms with Crippen molar-refractivity contribution in [3.8, 4) is 0 Å². The van der Waals surface area contributed by atoms with Crippen molar-refractivity contribution in [2.75, 3.05) is 6.54 Å². The standard InChI is InChI=1S/C11H15NO3/c1-2-7-12-10(13)8-5-3-4-6-9(8)11(14)15/h2-4,8-9H,1,5-7H2,(H,12,13)(H,14,15)/t8-,9-/m0/s1. The molecule has 1 amide bonds. The van der Waals surface area contributed by atoms with Crippen molar-refractivity contribution >= 4 is 11.9 Å². The monoisotopic (exact) mass is 209 g/mol. The third-order valence-corrected chi connectivity index (χ3v) is 2.51. The summed E-state index contributed by atoms with van der Waals surface area (Å²) in [4.78, 5) is 22.5. The summed E-state index contributed by atoms with van der Waals surface area (Å²) in [6.07, 6.45) is 6.18. The molecule has 0 bridgehead atoms. The summed E-state index contributed by atoms with van der Waals surface area (Å²) in [5.74, 6) is -2.16. The summed E-state index contributed by atoms with van der Waals surface area (Å²) < 4.78 is 0. The topological polar surface area (TPSA) is 66.4 Å². The molecular formula is C11H15NO3. The molecule has 0 aromatic carbocycles. The second-order valence-corrected chi connectivity index (χ2v) is 3.53. The van der Waals surface area contributed by atoms with Crippen LogP contribution in [0.5, 0.6) is 0 Å². The first kappa shape index (κ1) is 11.5. The van der Waals surface area contributed by atoms with Gasteiger partial charge in [0.25, 0.3) is 0 Å². The first-order valence-electron chi connectivity index (χ1n) is 4.93. The fraction of sp³-hybridized carbons (Fsp3) is 0.455. The number of carboxylic acid groups (broad SMARTS) is 1. The number of amides is 1. The van der Waals surface area contributed by atoms with Crippen LogP contribution in [0.2, 0.25) is 0 Å². The van der Waals surface area contributed by atoms with Crippen LogP contribution >= 0.6 is 0 Å². The SMILES string of the molecule is C=CCNC(=O)[C@H]1CC=CC[C@@H]1C(=O)O. The van der Waals surface area contributed by atoms with E-state index in [9.17, 15) is 9.59 Å². The normalized spacial score (nSPS) is 24.5. The lowest BCUT2D eigenvalue weighted by atomic mass is 9.82. The van der Waals surface area contributed by atoms with Crippen LogP contribution in [0.15, 0.2) is 24.8 Å². The zero-order valence-corrected chi connectivity index (χ0v) is 8.48. The molecule has 1 aliphatic carbocycles. The van der Waals surface area contributed by atoms with Crippen molar-refractivity contribution in [2.45, 2.75) is 12.8 Å². The van der Waals surface area contributed by atoms with Gasteiger partial charge in [0.05, 0.1) is 11.8 Å². The number of carbonyl (C=O) groups excluding carboxylic acids is 1. The number of rotatable bonds is 4. The van der Waals surface area contributed by atoms with Gasteiger partial charge in [-0.25, -0.2) is 0 Å². The highest BCUT2D eigenvalue weighted by Crippen LogP contribution is 2.25. The van der Waals surface area contributed by atoms with Gasteiger partial charge >= 0.3 is 5.97 Å². The van der Waals surface area contributed by atoms with Crippen LogP contribution in [0.1, 0.15) is 12.8 Å². The lowest BCUT2D eigenvalue weighted by Crippen LogP contribution is -2.38. The maximum Gasteiger partial charge on any atom is 0.307 e. The first-order valence-corrected chi connectivity index (χ1v) is 4.93. The highest BCUT2D eigenvalue weighted by molar-refractivity contribution is 5.85. The Hall–Kier alpha value is -1.58. The van der Waals surface area contributed by atoms with E-state index in [1.54, 1.807) is 6.08 Å². The van der Waals surface area contributed by atoms with Crippen molar-refractivity contribution in [1.82, 2.24) is 5.32 Å². The molecule has 0 saturated carbocycles. The molecule has 4 heteroatoms. The van der Waals surface area contributed by atoms with Crippen molar-refractivity contribution in [3.63, 3.8) is 0 Å². The molecule has 2 N–H and O–H groups in total. The summed E-state index contributed by atoms with van der Waals surface area (Å²) in [5, 5.41) is 11.6. The van der Waals surface area contributed by atoms with E-state index in [2.05, 4.69) is 11.9 Å². The number of allylic oxidation sites excluding steroid dienone is 2. The first-order chi connectivity index (χ1) is 7.16. The Morgan fingerprint density at radius 3 is 2.53 bits per heavy atom. The number of nitrogens with one attached hydrogen (secondary N) is 1. The van der Waals surface area contributed by atoms with E-state index in [-0.39, 0.29) is 5.91 Å². The average Bonchev–Trinajstić information content (AvgIpc) is 2.25. The van der Waals surface area contributed by atoms with E-state index >= 15 is 0 Å². The third-order valence-electron chi connectivity index (χ3n) is 2.51. The van der Waals surface area contributed by atoms with E-state index in [1.807, 2.05) is 12.2 Å². The van der Waals surface area contributed by atoms with Gasteiger partial charge in [0.15, 0.2) is 0 Å². The third kappa shape index (κ3) is 2.94. The maximum absolute atomic E-state index is 11.6. The number of carbonyl (C=O) groups is 2. The fourth-order valence-electron chi connectivity index (χ4n) is 1.68. The van der Waals surface area contributed by atoms with Crippen LogP contribution < -0.4 is 5.32 Å². The molecule has 4 nitrogen and oxygen atoms in total. The lowest BCUT2D eigenvalue weighted by molar-refractivity contribution is -0.147. The van der Waals surface area contributed by atoms with Gasteiger partial charge in [-0.3, -0.25) is 9.59 Å². The second-order valence-electron chi connectivity index (χ2n) is 3.53. The summed E-state index contributed by atoms with van der Waals surface area (Å²) in [5.41, 5.74) is 0. The van der Waals surface area contributed by atoms with Crippen molar-refractivity contribution in [2.24, 2.45) is 11.8 Å². The summed E-state index contributed by atoms with van der Waals surface area (Å²) >= 11 is 0. The van der Waals surface area contributed by atoms with Crippen molar-refractivity contribution < 1.29 is 14.7 Å². The molecule has 0 unspecified atom stereocenters. The lowest BCUT2D eigenvalue weighted by Gasteiger charge is -2.23. The Labute approximate surface area is 88.7 Å². The van der Waals surface area contributed by atoms with Gasteiger partial charge in [0.2, 0.25) is 5.91 Å². The van der Waals surface area contributed by atoms with Crippen LogP contribution in [-0.2, 0) is 9.59 Å². The van der Waals surface area contributed by atoms with E-state index in [1.165, 1.54) is 0 Å². The van der Waals surface area contributed by atoms with Gasteiger partial charge in [-0.15, -0.1) is 6.58 Å². The Morgan fingerprint density at radius 2 is 2.00 bits per heavy atom. The van der Waals surface area contributed by atoms with Crippen LogP contribution in [0.4, 0.5) is 0 Å². The molecule has 0 aliphatic heterocycles. The van der Waals surface area contributed by atoms with Crippen LogP contribution in [0, 0.1) is 11.8 Å². The van der Waals surface area contributed by atoms with Gasteiger partial charge in [-0.05, 0) is 12.8 Å². The van der Waals surface area contributed by atoms with E-state index in [4.69, 9.17) is 5.11 Å². The summed E-state index contributed by atoms with van der Waals surface area (Å²) in [7, 11) is 0. The average molecular weight is 209 g/mol. The fourth-order valence-corrected chi connectivity index (χ4v) is 1.68. The number of aliphatic carboxylic acids is 1. The molecule has 0 spiro atoms. The van der Waals surface area contributed by atoms with Gasteiger partial charge in [-0.1, -0.05) is 18.2 Å². The van der Waals surface area contributed by atoms with Crippen molar-refractivity contribution in [1.29, 1.82) is 0 Å². The summed E-state index contributed by atoms with van der Waals surface area (Å²) in [6, 6.07) is 0. The van der Waals surface area contributed by atoms with Gasteiger partial charge in [0, 0.05) is 6.54 Å². The highest BCUT2D eigenvalue weighted by Gasteiger charge is 2.33. The van der Waals surface area contributed by atoms with Crippen LogP contribution in [0.3, 0.4) is 0 Å². The molecular weight excluding hydrogens is 194 g/mol. The van der Waals surface area contributed by atoms with Gasteiger partial charge in [-0.2, -0.15) is 0 Å². The number of hydrogen-bond acceptors (Lipinski definition) is 2. The number of carboxylic acids is 1. The molecule has 0 saturated heterocycles. The molecule has 1 aliphatic rings. The van der Waals surface area contributed by atoms with Gasteiger partial charge < -0.3 is 10.4 Å². The van der Waals surface area contributed by atoms with Crippen LogP contribution in [-0.4, -0.2) is 23.5 Å².